The van der Waals surface area contributed by atoms with E-state index < -0.39 is 6.10 Å². The molecule has 1 saturated carbocycles. The summed E-state index contributed by atoms with van der Waals surface area (Å²) in [5.41, 5.74) is 4.27. The molecule has 0 saturated heterocycles. The van der Waals surface area contributed by atoms with Crippen LogP contribution in [0.1, 0.15) is 44.7 Å². The smallest absolute Gasteiger partial charge is 0.150 e. The molecule has 8 nitrogen and oxygen atoms in total. The fourth-order valence-corrected chi connectivity index (χ4v) is 3.45. The molecule has 0 amide bonds. The highest BCUT2D eigenvalue weighted by atomic mass is 16.3. The van der Waals surface area contributed by atoms with E-state index in [9.17, 15) is 10.2 Å². The van der Waals surface area contributed by atoms with Gasteiger partial charge >= 0.3 is 0 Å². The Labute approximate surface area is 176 Å². The van der Waals surface area contributed by atoms with E-state index in [2.05, 4.69) is 41.4 Å². The summed E-state index contributed by atoms with van der Waals surface area (Å²) < 4.78 is 0. The number of rotatable bonds is 6. The highest BCUT2D eigenvalue weighted by Crippen LogP contribution is 2.45. The Hall–Kier alpha value is -2.97. The molecule has 158 valence electrons. The van der Waals surface area contributed by atoms with Crippen molar-refractivity contribution < 1.29 is 10.2 Å². The van der Waals surface area contributed by atoms with E-state index in [1.54, 1.807) is 18.6 Å². The van der Waals surface area contributed by atoms with Crippen LogP contribution in [0.2, 0.25) is 0 Å². The Bertz CT molecular complexity index is 975. The van der Waals surface area contributed by atoms with Crippen LogP contribution in [0.4, 0.5) is 17.5 Å². The van der Waals surface area contributed by atoms with E-state index in [4.69, 9.17) is 4.98 Å². The van der Waals surface area contributed by atoms with Gasteiger partial charge in [0.05, 0.1) is 31.1 Å². The first-order valence-electron chi connectivity index (χ1n) is 10.2. The average Bonchev–Trinajstić information content (AvgIpc) is 3.52. The molecule has 4 N–H and O–H groups in total. The fourth-order valence-electron chi connectivity index (χ4n) is 3.45. The maximum Gasteiger partial charge on any atom is 0.150 e. The third kappa shape index (κ3) is 4.60. The summed E-state index contributed by atoms with van der Waals surface area (Å²) >= 11 is 0. The first-order chi connectivity index (χ1) is 14.3. The van der Waals surface area contributed by atoms with Crippen molar-refractivity contribution in [3.63, 3.8) is 0 Å². The first-order valence-corrected chi connectivity index (χ1v) is 10.2. The van der Waals surface area contributed by atoms with Gasteiger partial charge in [0.15, 0.2) is 0 Å². The summed E-state index contributed by atoms with van der Waals surface area (Å²) in [4.78, 5) is 15.3. The maximum atomic E-state index is 10.0. The minimum Gasteiger partial charge on any atom is -0.394 e. The molecule has 0 spiro atoms. The van der Waals surface area contributed by atoms with Crippen LogP contribution in [-0.4, -0.2) is 54.9 Å². The van der Waals surface area contributed by atoms with Crippen LogP contribution in [0.25, 0.3) is 11.8 Å². The topological polar surface area (TPSA) is 106 Å². The number of allylic oxidation sites excluding steroid dienone is 1. The highest BCUT2D eigenvalue weighted by molar-refractivity contribution is 5.88. The molecule has 2 aromatic heterocycles. The van der Waals surface area contributed by atoms with E-state index in [0.29, 0.717) is 18.2 Å². The minimum absolute atomic E-state index is 0.193. The second kappa shape index (κ2) is 8.04. The van der Waals surface area contributed by atoms with Gasteiger partial charge in [0.25, 0.3) is 0 Å². The standard InChI is InChI=1S/C22H28N6O2/c1-22(2,3)27-21-19-15(10-17(26-21)25-18-11-23-7-8-24-18)6-9-28(12-16(30)13-29)20(19)14-4-5-14/h6-11,16,29-30H,4-5,12-13H2,1-3H3,(H2,24,25,26,27). The Morgan fingerprint density at radius 1 is 1.20 bits per heavy atom. The fraction of sp³-hybridized carbons (Fsp3) is 0.409. The SMILES string of the molecule is CC(C)(C)Nc1nc(Nc2cnccn2)cc2c1C(=C1CC1)N(CC(O)CO)C=C2. The Morgan fingerprint density at radius 2 is 2.00 bits per heavy atom. The predicted octanol–water partition coefficient (Wildman–Crippen LogP) is 2.97. The van der Waals surface area contributed by atoms with Crippen molar-refractivity contribution in [1.82, 2.24) is 19.9 Å². The molecular formula is C22H28N6O2. The number of fused-ring (bicyclic) bond motifs is 1. The summed E-state index contributed by atoms with van der Waals surface area (Å²) in [6.07, 6.45) is 10.2. The van der Waals surface area contributed by atoms with Crippen LogP contribution < -0.4 is 10.6 Å². The van der Waals surface area contributed by atoms with E-state index in [1.807, 2.05) is 23.2 Å². The molecule has 4 rings (SSSR count). The molecule has 2 aliphatic rings. The van der Waals surface area contributed by atoms with Crippen molar-refractivity contribution in [2.75, 3.05) is 23.8 Å². The van der Waals surface area contributed by atoms with Gasteiger partial charge in [-0.1, -0.05) is 0 Å². The van der Waals surface area contributed by atoms with Crippen LogP contribution >= 0.6 is 0 Å². The van der Waals surface area contributed by atoms with Gasteiger partial charge in [-0.15, -0.1) is 0 Å². The van der Waals surface area contributed by atoms with Gasteiger partial charge in [-0.05, 0) is 56.9 Å². The number of hydrogen-bond acceptors (Lipinski definition) is 8. The molecule has 1 aliphatic carbocycles. The number of nitrogens with one attached hydrogen (secondary N) is 2. The van der Waals surface area contributed by atoms with Crippen molar-refractivity contribution in [2.24, 2.45) is 0 Å². The maximum absolute atomic E-state index is 10.0. The van der Waals surface area contributed by atoms with E-state index >= 15 is 0 Å². The van der Waals surface area contributed by atoms with Gasteiger partial charge in [-0.2, -0.15) is 0 Å². The van der Waals surface area contributed by atoms with Gasteiger partial charge in [-0.25, -0.2) is 9.97 Å². The number of aliphatic hydroxyl groups is 2. The summed E-state index contributed by atoms with van der Waals surface area (Å²) in [6.45, 7) is 6.35. The third-order valence-electron chi connectivity index (χ3n) is 4.77. The van der Waals surface area contributed by atoms with Crippen LogP contribution in [0, 0.1) is 0 Å². The third-order valence-corrected chi connectivity index (χ3v) is 4.77. The Morgan fingerprint density at radius 3 is 2.63 bits per heavy atom. The molecule has 1 unspecified atom stereocenters. The average molecular weight is 409 g/mol. The molecule has 30 heavy (non-hydrogen) atoms. The molecular weight excluding hydrogens is 380 g/mol. The zero-order valence-electron chi connectivity index (χ0n) is 17.6. The van der Waals surface area contributed by atoms with Crippen LogP contribution in [0.15, 0.2) is 36.4 Å². The number of pyridine rings is 1. The van der Waals surface area contributed by atoms with Crippen molar-refractivity contribution in [1.29, 1.82) is 0 Å². The predicted molar refractivity (Wildman–Crippen MR) is 118 cm³/mol. The lowest BCUT2D eigenvalue weighted by Gasteiger charge is -2.33. The molecule has 1 aliphatic heterocycles. The van der Waals surface area contributed by atoms with Gasteiger partial charge in [-0.3, -0.25) is 4.98 Å². The summed E-state index contributed by atoms with van der Waals surface area (Å²) in [7, 11) is 0. The second-order valence-corrected chi connectivity index (χ2v) is 8.67. The Balaban J connectivity index is 1.79. The van der Waals surface area contributed by atoms with Gasteiger partial charge in [0.2, 0.25) is 0 Å². The van der Waals surface area contributed by atoms with Crippen LogP contribution in [0.5, 0.6) is 0 Å². The van der Waals surface area contributed by atoms with Crippen molar-refractivity contribution in [3.05, 3.63) is 47.6 Å². The lowest BCUT2D eigenvalue weighted by Crippen LogP contribution is -2.33. The number of hydrogen-bond donors (Lipinski definition) is 4. The van der Waals surface area contributed by atoms with E-state index in [0.717, 1.165) is 35.5 Å². The number of aliphatic hydroxyl groups excluding tert-OH is 2. The normalized spacial score (nSPS) is 16.4. The molecule has 8 heteroatoms. The van der Waals surface area contributed by atoms with Crippen molar-refractivity contribution >= 4 is 29.2 Å². The van der Waals surface area contributed by atoms with Crippen molar-refractivity contribution in [2.45, 2.75) is 45.3 Å². The van der Waals surface area contributed by atoms with Gasteiger partial charge in [0.1, 0.15) is 17.5 Å². The van der Waals surface area contributed by atoms with Crippen LogP contribution in [0.3, 0.4) is 0 Å². The molecule has 0 radical (unpaired) electrons. The van der Waals surface area contributed by atoms with Crippen molar-refractivity contribution in [3.8, 4) is 0 Å². The lowest BCUT2D eigenvalue weighted by molar-refractivity contribution is 0.0820. The molecule has 1 fully saturated rings. The molecule has 1 atom stereocenters. The number of β-amino-alcohol motifs (C(OH)–C–C–N with tert-alkyl or cyclic N) is 1. The number of aromatic nitrogens is 3. The Kier molecular flexibility index (Phi) is 5.44. The highest BCUT2D eigenvalue weighted by Gasteiger charge is 2.31. The van der Waals surface area contributed by atoms with E-state index in [1.165, 1.54) is 5.57 Å². The molecule has 3 heterocycles. The second-order valence-electron chi connectivity index (χ2n) is 8.67. The van der Waals surface area contributed by atoms with E-state index in [-0.39, 0.29) is 12.1 Å². The molecule has 0 bridgehead atoms. The largest absolute Gasteiger partial charge is 0.394 e. The zero-order valence-corrected chi connectivity index (χ0v) is 17.6. The van der Waals surface area contributed by atoms with Gasteiger partial charge in [0, 0.05) is 29.7 Å². The van der Waals surface area contributed by atoms with Crippen LogP contribution in [-0.2, 0) is 0 Å². The monoisotopic (exact) mass is 408 g/mol. The molecule has 0 aromatic carbocycles. The van der Waals surface area contributed by atoms with Gasteiger partial charge < -0.3 is 25.7 Å². The first kappa shape index (κ1) is 20.3. The number of nitrogens with zero attached hydrogens (tertiary/aromatic N) is 4. The zero-order chi connectivity index (χ0) is 21.3. The quantitative estimate of drug-likeness (QED) is 0.578. The summed E-state index contributed by atoms with van der Waals surface area (Å²) in [5.74, 6) is 2.07. The minimum atomic E-state index is -0.810. The summed E-state index contributed by atoms with van der Waals surface area (Å²) in [5, 5.41) is 26.1. The lowest BCUT2D eigenvalue weighted by atomic mass is 9.98. The summed E-state index contributed by atoms with van der Waals surface area (Å²) in [6, 6.07) is 2.00. The number of anilines is 3. The molecule has 2 aromatic rings.